The van der Waals surface area contributed by atoms with E-state index in [-0.39, 0.29) is 35.1 Å². The van der Waals surface area contributed by atoms with E-state index in [9.17, 15) is 14.0 Å². The van der Waals surface area contributed by atoms with Gasteiger partial charge in [0.1, 0.15) is 11.8 Å². The van der Waals surface area contributed by atoms with Gasteiger partial charge in [-0.05, 0) is 44.7 Å². The number of methoxy groups -OCH3 is 1. The Morgan fingerprint density at radius 3 is 2.58 bits per heavy atom. The molecule has 1 aliphatic rings. The van der Waals surface area contributed by atoms with Crippen LogP contribution in [0.2, 0.25) is 0 Å². The number of nitrogens with two attached hydrogens (primary N) is 1. The summed E-state index contributed by atoms with van der Waals surface area (Å²) in [7, 11) is 1.32. The fraction of sp³-hybridized carbons (Fsp3) is 0.409. The SMILES string of the molecule is COc1ncc(-c2cc3c(C)nc(N)nc3n(C3CCC(OOC(C)=O)CC3)c2=O)cc1F. The molecule has 11 heteroatoms. The molecule has 33 heavy (non-hydrogen) atoms. The summed E-state index contributed by atoms with van der Waals surface area (Å²) in [5.41, 5.74) is 7.15. The van der Waals surface area contributed by atoms with Gasteiger partial charge in [0.25, 0.3) is 5.56 Å². The van der Waals surface area contributed by atoms with Gasteiger partial charge in [0.2, 0.25) is 11.8 Å². The summed E-state index contributed by atoms with van der Waals surface area (Å²) in [5, 5.41) is 0.633. The molecule has 1 fully saturated rings. The lowest BCUT2D eigenvalue weighted by Gasteiger charge is -2.29. The average molecular weight is 457 g/mol. The first-order valence-corrected chi connectivity index (χ1v) is 10.5. The van der Waals surface area contributed by atoms with Crippen molar-refractivity contribution in [3.8, 4) is 17.0 Å². The Labute approximate surface area is 188 Å². The Balaban J connectivity index is 1.80. The maximum atomic E-state index is 14.4. The monoisotopic (exact) mass is 457 g/mol. The minimum atomic E-state index is -0.672. The highest BCUT2D eigenvalue weighted by atomic mass is 19.1. The Morgan fingerprint density at radius 1 is 1.21 bits per heavy atom. The van der Waals surface area contributed by atoms with Crippen LogP contribution in [0, 0.1) is 12.7 Å². The summed E-state index contributed by atoms with van der Waals surface area (Å²) in [5.74, 6) is -1.28. The van der Waals surface area contributed by atoms with Gasteiger partial charge in [0, 0.05) is 35.7 Å². The van der Waals surface area contributed by atoms with Crippen LogP contribution in [0.5, 0.6) is 5.88 Å². The molecular formula is C22H24FN5O5. The highest BCUT2D eigenvalue weighted by Gasteiger charge is 2.28. The molecule has 1 aliphatic carbocycles. The van der Waals surface area contributed by atoms with Crippen molar-refractivity contribution in [1.29, 1.82) is 0 Å². The van der Waals surface area contributed by atoms with Crippen molar-refractivity contribution in [2.45, 2.75) is 51.7 Å². The van der Waals surface area contributed by atoms with E-state index in [1.165, 1.54) is 26.3 Å². The quantitative estimate of drug-likeness (QED) is 0.454. The predicted octanol–water partition coefficient (Wildman–Crippen LogP) is 2.87. The first-order valence-electron chi connectivity index (χ1n) is 10.5. The van der Waals surface area contributed by atoms with Crippen LogP contribution in [0.25, 0.3) is 22.2 Å². The standard InChI is InChI=1S/C22H24FN5O5/c1-11-16-9-17(13-8-18(23)20(31-3)25-10-13)21(30)28(19(16)27-22(24)26-11)14-4-6-15(7-5-14)33-32-12(2)29/h8-10,14-15H,4-7H2,1-3H3,(H2,24,26,27). The molecule has 174 valence electrons. The average Bonchev–Trinajstić information content (AvgIpc) is 2.78. The zero-order chi connectivity index (χ0) is 23.7. The number of nitrogen functional groups attached to an aromatic ring is 1. The fourth-order valence-electron chi connectivity index (χ4n) is 4.18. The van der Waals surface area contributed by atoms with Crippen molar-refractivity contribution in [2.75, 3.05) is 12.8 Å². The second kappa shape index (κ2) is 9.10. The molecule has 3 aromatic heterocycles. The molecule has 0 amide bonds. The van der Waals surface area contributed by atoms with Crippen LogP contribution in [-0.4, -0.2) is 38.7 Å². The lowest BCUT2D eigenvalue weighted by molar-refractivity contribution is -0.301. The number of hydrogen-bond donors (Lipinski definition) is 1. The number of halogens is 1. The van der Waals surface area contributed by atoms with E-state index in [4.69, 9.17) is 15.4 Å². The van der Waals surface area contributed by atoms with Crippen LogP contribution in [0.1, 0.15) is 44.3 Å². The molecule has 0 atom stereocenters. The largest absolute Gasteiger partial charge is 0.479 e. The molecule has 3 heterocycles. The summed E-state index contributed by atoms with van der Waals surface area (Å²) in [6.07, 6.45) is 3.47. The van der Waals surface area contributed by atoms with E-state index in [1.807, 2.05) is 0 Å². The molecule has 0 saturated heterocycles. The number of hydrogen-bond acceptors (Lipinski definition) is 9. The molecule has 0 aliphatic heterocycles. The third-order valence-electron chi connectivity index (χ3n) is 5.72. The van der Waals surface area contributed by atoms with E-state index in [0.717, 1.165) is 0 Å². The van der Waals surface area contributed by atoms with Crippen molar-refractivity contribution in [3.63, 3.8) is 0 Å². The fourth-order valence-corrected chi connectivity index (χ4v) is 4.18. The zero-order valence-corrected chi connectivity index (χ0v) is 18.5. The Kier molecular flexibility index (Phi) is 6.23. The number of fused-ring (bicyclic) bond motifs is 1. The molecule has 0 bridgehead atoms. The Hall–Kier alpha value is -3.60. The second-order valence-corrected chi connectivity index (χ2v) is 7.95. The van der Waals surface area contributed by atoms with Crippen LogP contribution in [-0.2, 0) is 14.6 Å². The molecular weight excluding hydrogens is 433 g/mol. The van der Waals surface area contributed by atoms with Crippen molar-refractivity contribution in [2.24, 2.45) is 0 Å². The highest BCUT2D eigenvalue weighted by Crippen LogP contribution is 2.33. The summed E-state index contributed by atoms with van der Waals surface area (Å²) >= 11 is 0. The van der Waals surface area contributed by atoms with Gasteiger partial charge in [0.05, 0.1) is 12.8 Å². The van der Waals surface area contributed by atoms with Gasteiger partial charge in [-0.3, -0.25) is 14.2 Å². The first-order chi connectivity index (χ1) is 15.8. The van der Waals surface area contributed by atoms with Crippen LogP contribution >= 0.6 is 0 Å². The summed E-state index contributed by atoms with van der Waals surface area (Å²) < 4.78 is 20.8. The van der Waals surface area contributed by atoms with Crippen LogP contribution in [0.3, 0.4) is 0 Å². The number of aromatic nitrogens is 4. The third-order valence-corrected chi connectivity index (χ3v) is 5.72. The van der Waals surface area contributed by atoms with Gasteiger partial charge in [-0.25, -0.2) is 19.2 Å². The Morgan fingerprint density at radius 2 is 1.94 bits per heavy atom. The van der Waals surface area contributed by atoms with Crippen molar-refractivity contribution in [3.05, 3.63) is 40.2 Å². The predicted molar refractivity (Wildman–Crippen MR) is 117 cm³/mol. The third kappa shape index (κ3) is 4.49. The van der Waals surface area contributed by atoms with Crippen LogP contribution in [0.15, 0.2) is 23.1 Å². The number of anilines is 1. The molecule has 0 unspecified atom stereocenters. The van der Waals surface area contributed by atoms with E-state index >= 15 is 0 Å². The normalized spacial score (nSPS) is 18.3. The van der Waals surface area contributed by atoms with Gasteiger partial charge in [-0.15, -0.1) is 0 Å². The molecule has 1 saturated carbocycles. The number of nitrogens with zero attached hydrogens (tertiary/aromatic N) is 4. The number of ether oxygens (including phenoxy) is 1. The van der Waals surface area contributed by atoms with E-state index in [0.29, 0.717) is 48.0 Å². The minimum Gasteiger partial charge on any atom is -0.479 e. The van der Waals surface area contributed by atoms with E-state index in [1.54, 1.807) is 17.6 Å². The summed E-state index contributed by atoms with van der Waals surface area (Å²) in [4.78, 5) is 47.0. The lowest BCUT2D eigenvalue weighted by atomic mass is 9.92. The maximum Gasteiger partial charge on any atom is 0.339 e. The summed E-state index contributed by atoms with van der Waals surface area (Å²) in [6, 6.07) is 2.65. The smallest absolute Gasteiger partial charge is 0.339 e. The molecule has 0 aromatic carbocycles. The van der Waals surface area contributed by atoms with Gasteiger partial charge < -0.3 is 10.5 Å². The molecule has 10 nitrogen and oxygen atoms in total. The molecule has 0 spiro atoms. The molecule has 3 aromatic rings. The molecule has 0 radical (unpaired) electrons. The minimum absolute atomic E-state index is 0.0601. The van der Waals surface area contributed by atoms with Crippen LogP contribution in [0.4, 0.5) is 10.3 Å². The van der Waals surface area contributed by atoms with Gasteiger partial charge in [-0.2, -0.15) is 9.87 Å². The number of carbonyl (C=O) groups excluding carboxylic acids is 1. The number of aryl methyl sites for hydroxylation is 1. The van der Waals surface area contributed by atoms with Crippen molar-refractivity contribution in [1.82, 2.24) is 19.5 Å². The molecule has 2 N–H and O–H groups in total. The second-order valence-electron chi connectivity index (χ2n) is 7.95. The molecule has 4 rings (SSSR count). The maximum absolute atomic E-state index is 14.4. The van der Waals surface area contributed by atoms with Gasteiger partial charge in [0.15, 0.2) is 5.82 Å². The van der Waals surface area contributed by atoms with Crippen LogP contribution < -0.4 is 16.0 Å². The highest BCUT2D eigenvalue weighted by molar-refractivity contribution is 5.84. The van der Waals surface area contributed by atoms with Crippen molar-refractivity contribution >= 4 is 23.0 Å². The number of carbonyl (C=O) groups is 1. The summed E-state index contributed by atoms with van der Waals surface area (Å²) in [6.45, 7) is 3.04. The van der Waals surface area contributed by atoms with Gasteiger partial charge in [-0.1, -0.05) is 0 Å². The lowest BCUT2D eigenvalue weighted by Crippen LogP contribution is -2.32. The van der Waals surface area contributed by atoms with E-state index in [2.05, 4.69) is 19.8 Å². The van der Waals surface area contributed by atoms with Crippen molar-refractivity contribution < 1.29 is 23.7 Å². The number of pyridine rings is 2. The van der Waals surface area contributed by atoms with Gasteiger partial charge >= 0.3 is 5.97 Å². The zero-order valence-electron chi connectivity index (χ0n) is 18.5. The topological polar surface area (TPSA) is 131 Å². The Bertz CT molecular complexity index is 1270. The number of rotatable bonds is 5. The first kappa shape index (κ1) is 22.6. The van der Waals surface area contributed by atoms with E-state index < -0.39 is 11.8 Å².